The molecule has 1 heterocycles. The smallest absolute Gasteiger partial charge is 0.206 e. The standard InChI is InChI=1S/C9H12N4O/c1-7(14)13(11-3)9-6-4-5-8(10-2)12-9/h4-6,14H,1,3H2,2H3,(H,10,12). The Bertz CT molecular complexity index is 350. The number of hydrazone groups is 1. The SMILES string of the molecule is C=NN(C(=C)O)c1cccc(NC)n1. The molecule has 0 fully saturated rings. The Labute approximate surface area is 82.4 Å². The maximum Gasteiger partial charge on any atom is 0.206 e. The first kappa shape index (κ1) is 10.0. The number of pyridine rings is 1. The molecule has 0 aliphatic rings. The zero-order chi connectivity index (χ0) is 10.6. The van der Waals surface area contributed by atoms with Gasteiger partial charge in [-0.2, -0.15) is 10.1 Å². The third kappa shape index (κ3) is 2.01. The highest BCUT2D eigenvalue weighted by Crippen LogP contribution is 2.16. The highest BCUT2D eigenvalue weighted by Gasteiger charge is 2.08. The first-order valence-corrected chi connectivity index (χ1v) is 3.98. The number of rotatable bonds is 4. The Hall–Kier alpha value is -2.04. The van der Waals surface area contributed by atoms with Crippen LogP contribution < -0.4 is 10.3 Å². The molecule has 2 N–H and O–H groups in total. The summed E-state index contributed by atoms with van der Waals surface area (Å²) in [4.78, 5) is 4.14. The van der Waals surface area contributed by atoms with Gasteiger partial charge in [0.1, 0.15) is 5.82 Å². The van der Waals surface area contributed by atoms with Gasteiger partial charge in [-0.15, -0.1) is 0 Å². The van der Waals surface area contributed by atoms with Gasteiger partial charge in [0.05, 0.1) is 0 Å². The second kappa shape index (κ2) is 4.27. The van der Waals surface area contributed by atoms with Crippen molar-refractivity contribution in [1.29, 1.82) is 0 Å². The molecule has 1 rings (SSSR count). The molecule has 1 aromatic rings. The van der Waals surface area contributed by atoms with E-state index in [0.717, 1.165) is 5.01 Å². The molecule has 1 aromatic heterocycles. The number of nitrogens with one attached hydrogen (secondary N) is 1. The van der Waals surface area contributed by atoms with Gasteiger partial charge < -0.3 is 10.4 Å². The van der Waals surface area contributed by atoms with E-state index in [4.69, 9.17) is 5.11 Å². The maximum atomic E-state index is 9.17. The number of nitrogens with zero attached hydrogens (tertiary/aromatic N) is 3. The number of aliphatic hydroxyl groups is 1. The number of aromatic nitrogens is 1. The van der Waals surface area contributed by atoms with Crippen molar-refractivity contribution >= 4 is 18.4 Å². The van der Waals surface area contributed by atoms with Crippen molar-refractivity contribution in [1.82, 2.24) is 4.98 Å². The topological polar surface area (TPSA) is 60.8 Å². The zero-order valence-electron chi connectivity index (χ0n) is 7.94. The second-order valence-corrected chi connectivity index (χ2v) is 2.50. The molecule has 0 aromatic carbocycles. The van der Waals surface area contributed by atoms with Crippen LogP contribution in [0.4, 0.5) is 11.6 Å². The molecule has 0 bridgehead atoms. The van der Waals surface area contributed by atoms with Crippen molar-refractivity contribution < 1.29 is 5.11 Å². The fourth-order valence-electron chi connectivity index (χ4n) is 0.967. The van der Waals surface area contributed by atoms with Crippen LogP contribution in [0, 0.1) is 0 Å². The molecule has 0 unspecified atom stereocenters. The van der Waals surface area contributed by atoms with Crippen molar-refractivity contribution in [2.45, 2.75) is 0 Å². The summed E-state index contributed by atoms with van der Waals surface area (Å²) in [6, 6.07) is 5.27. The molecule has 0 saturated heterocycles. The quantitative estimate of drug-likeness (QED) is 0.432. The third-order valence-corrected chi connectivity index (χ3v) is 1.59. The summed E-state index contributed by atoms with van der Waals surface area (Å²) in [5, 5.41) is 16.8. The van der Waals surface area contributed by atoms with E-state index in [9.17, 15) is 0 Å². The Morgan fingerprint density at radius 1 is 1.64 bits per heavy atom. The normalized spacial score (nSPS) is 9.21. The van der Waals surface area contributed by atoms with Crippen LogP contribution in [0.2, 0.25) is 0 Å². The highest BCUT2D eigenvalue weighted by molar-refractivity contribution is 5.50. The third-order valence-electron chi connectivity index (χ3n) is 1.59. The van der Waals surface area contributed by atoms with E-state index in [0.29, 0.717) is 11.6 Å². The molecule has 5 nitrogen and oxygen atoms in total. The van der Waals surface area contributed by atoms with Crippen LogP contribution in [-0.2, 0) is 0 Å². The molecular formula is C9H12N4O. The van der Waals surface area contributed by atoms with Gasteiger partial charge in [0, 0.05) is 13.8 Å². The molecule has 0 amide bonds. The fraction of sp³-hybridized carbons (Fsp3) is 0.111. The van der Waals surface area contributed by atoms with Gasteiger partial charge in [-0.3, -0.25) is 0 Å². The minimum absolute atomic E-state index is 0.222. The van der Waals surface area contributed by atoms with E-state index in [1.54, 1.807) is 25.2 Å². The summed E-state index contributed by atoms with van der Waals surface area (Å²) in [6.45, 7) is 6.65. The van der Waals surface area contributed by atoms with Crippen molar-refractivity contribution in [3.63, 3.8) is 0 Å². The minimum Gasteiger partial charge on any atom is -0.494 e. The van der Waals surface area contributed by atoms with Gasteiger partial charge in [-0.1, -0.05) is 6.07 Å². The number of hydrogen-bond acceptors (Lipinski definition) is 5. The molecular weight excluding hydrogens is 180 g/mol. The Kier molecular flexibility index (Phi) is 3.06. The minimum atomic E-state index is -0.222. The van der Waals surface area contributed by atoms with Crippen molar-refractivity contribution in [3.8, 4) is 0 Å². The second-order valence-electron chi connectivity index (χ2n) is 2.50. The van der Waals surface area contributed by atoms with Crippen LogP contribution in [0.1, 0.15) is 0 Å². The summed E-state index contributed by atoms with van der Waals surface area (Å²) >= 11 is 0. The van der Waals surface area contributed by atoms with Gasteiger partial charge in [0.15, 0.2) is 5.82 Å². The van der Waals surface area contributed by atoms with Gasteiger partial charge in [0.25, 0.3) is 0 Å². The molecule has 0 saturated carbocycles. The first-order valence-electron chi connectivity index (χ1n) is 3.98. The molecule has 74 valence electrons. The fourth-order valence-corrected chi connectivity index (χ4v) is 0.967. The van der Waals surface area contributed by atoms with Crippen molar-refractivity contribution in [2.75, 3.05) is 17.4 Å². The lowest BCUT2D eigenvalue weighted by Crippen LogP contribution is -2.15. The Balaban J connectivity index is 3.04. The predicted octanol–water partition coefficient (Wildman–Crippen LogP) is 1.57. The van der Waals surface area contributed by atoms with Gasteiger partial charge >= 0.3 is 0 Å². The average Bonchev–Trinajstić information content (AvgIpc) is 2.19. The Morgan fingerprint density at radius 3 is 2.86 bits per heavy atom. The van der Waals surface area contributed by atoms with Crippen LogP contribution in [0.15, 0.2) is 35.8 Å². The van der Waals surface area contributed by atoms with Crippen LogP contribution in [-0.4, -0.2) is 23.9 Å². The lowest BCUT2D eigenvalue weighted by molar-refractivity contribution is 0.394. The lowest BCUT2D eigenvalue weighted by atomic mass is 10.4. The Morgan fingerprint density at radius 2 is 2.36 bits per heavy atom. The molecule has 14 heavy (non-hydrogen) atoms. The molecule has 0 atom stereocenters. The monoisotopic (exact) mass is 192 g/mol. The van der Waals surface area contributed by atoms with Gasteiger partial charge in [0.2, 0.25) is 5.88 Å². The van der Waals surface area contributed by atoms with E-state index in [-0.39, 0.29) is 5.88 Å². The van der Waals surface area contributed by atoms with Gasteiger partial charge in [-0.25, -0.2) is 4.98 Å². The molecule has 0 radical (unpaired) electrons. The highest BCUT2D eigenvalue weighted by atomic mass is 16.3. The molecule has 0 spiro atoms. The van der Waals surface area contributed by atoms with Crippen molar-refractivity contribution in [3.05, 3.63) is 30.7 Å². The number of anilines is 2. The van der Waals surface area contributed by atoms with E-state index in [1.807, 2.05) is 0 Å². The number of hydrogen-bond donors (Lipinski definition) is 2. The van der Waals surface area contributed by atoms with Crippen LogP contribution in [0.3, 0.4) is 0 Å². The predicted molar refractivity (Wildman–Crippen MR) is 57.6 cm³/mol. The number of aliphatic hydroxyl groups excluding tert-OH is 1. The summed E-state index contributed by atoms with van der Waals surface area (Å²) in [7, 11) is 1.76. The summed E-state index contributed by atoms with van der Waals surface area (Å²) < 4.78 is 0. The zero-order valence-corrected chi connectivity index (χ0v) is 7.94. The van der Waals surface area contributed by atoms with Crippen LogP contribution >= 0.6 is 0 Å². The summed E-state index contributed by atoms with van der Waals surface area (Å²) in [6.07, 6.45) is 0. The largest absolute Gasteiger partial charge is 0.494 e. The summed E-state index contributed by atoms with van der Waals surface area (Å²) in [5.41, 5.74) is 0. The maximum absolute atomic E-state index is 9.17. The summed E-state index contributed by atoms with van der Waals surface area (Å²) in [5.74, 6) is 0.914. The average molecular weight is 192 g/mol. The molecule has 0 aliphatic carbocycles. The van der Waals surface area contributed by atoms with E-state index in [2.05, 4.69) is 28.7 Å². The first-order chi connectivity index (χ1) is 6.69. The van der Waals surface area contributed by atoms with E-state index < -0.39 is 0 Å². The van der Waals surface area contributed by atoms with Crippen LogP contribution in [0.5, 0.6) is 0 Å². The lowest BCUT2D eigenvalue weighted by Gasteiger charge is -2.15. The van der Waals surface area contributed by atoms with Crippen LogP contribution in [0.25, 0.3) is 0 Å². The molecule has 5 heteroatoms. The van der Waals surface area contributed by atoms with E-state index in [1.165, 1.54) is 0 Å². The van der Waals surface area contributed by atoms with E-state index >= 15 is 0 Å². The van der Waals surface area contributed by atoms with Crippen molar-refractivity contribution in [2.24, 2.45) is 5.10 Å². The molecule has 0 aliphatic heterocycles. The van der Waals surface area contributed by atoms with Gasteiger partial charge in [-0.05, 0) is 18.7 Å².